The zero-order chi connectivity index (χ0) is 7.98. The van der Waals surface area contributed by atoms with Gasteiger partial charge in [-0.05, 0) is 0 Å². The van der Waals surface area contributed by atoms with Crippen molar-refractivity contribution in [2.24, 2.45) is 0 Å². The third kappa shape index (κ3) is 7.10. The standard InChI is InChI=1S/C6H11NO3/c1-5(8)3-7-4-10-6(2)9/h7H,3-4H2,1-2H3/p+1. The highest BCUT2D eigenvalue weighted by Crippen LogP contribution is 1.65. The zero-order valence-corrected chi connectivity index (χ0v) is 6.22. The third-order valence-corrected chi connectivity index (χ3v) is 0.836. The van der Waals surface area contributed by atoms with Crippen LogP contribution in [0.2, 0.25) is 0 Å². The van der Waals surface area contributed by atoms with Crippen LogP contribution in [0.1, 0.15) is 13.8 Å². The van der Waals surface area contributed by atoms with Gasteiger partial charge in [-0.25, -0.2) is 0 Å². The van der Waals surface area contributed by atoms with Crippen molar-refractivity contribution < 1.29 is 19.6 Å². The van der Waals surface area contributed by atoms with Crippen molar-refractivity contribution in [2.45, 2.75) is 13.8 Å². The lowest BCUT2D eigenvalue weighted by molar-refractivity contribution is -0.671. The first-order valence-corrected chi connectivity index (χ1v) is 3.07. The monoisotopic (exact) mass is 146 g/mol. The van der Waals surface area contributed by atoms with E-state index in [0.29, 0.717) is 6.54 Å². The van der Waals surface area contributed by atoms with Crippen molar-refractivity contribution >= 4 is 11.8 Å². The van der Waals surface area contributed by atoms with E-state index < -0.39 is 0 Å². The molecule has 0 saturated heterocycles. The van der Waals surface area contributed by atoms with Gasteiger partial charge in [0, 0.05) is 13.8 Å². The molecule has 0 aromatic carbocycles. The number of Topliss-reactive ketones (excluding diaryl/α,β-unsaturated/α-hetero) is 1. The van der Waals surface area contributed by atoms with E-state index in [0.717, 1.165) is 0 Å². The minimum Gasteiger partial charge on any atom is -0.415 e. The van der Waals surface area contributed by atoms with E-state index in [4.69, 9.17) is 0 Å². The molecule has 10 heavy (non-hydrogen) atoms. The summed E-state index contributed by atoms with van der Waals surface area (Å²) in [5.41, 5.74) is 0. The van der Waals surface area contributed by atoms with E-state index in [1.54, 1.807) is 5.32 Å². The van der Waals surface area contributed by atoms with Gasteiger partial charge in [-0.1, -0.05) is 0 Å². The molecule has 0 radical (unpaired) electrons. The smallest absolute Gasteiger partial charge is 0.306 e. The Balaban J connectivity index is 3.06. The maximum absolute atomic E-state index is 10.3. The molecule has 0 aliphatic carbocycles. The van der Waals surface area contributed by atoms with Gasteiger partial charge in [-0.3, -0.25) is 9.59 Å². The molecule has 0 aliphatic rings. The van der Waals surface area contributed by atoms with E-state index in [1.807, 2.05) is 0 Å². The Bertz CT molecular complexity index is 117. The zero-order valence-electron chi connectivity index (χ0n) is 6.22. The van der Waals surface area contributed by atoms with Crippen molar-refractivity contribution in [1.82, 2.24) is 0 Å². The number of carbonyl (C=O) groups excluding carboxylic acids is 2. The molecule has 0 aromatic rings. The van der Waals surface area contributed by atoms with E-state index in [9.17, 15) is 9.59 Å². The van der Waals surface area contributed by atoms with Gasteiger partial charge < -0.3 is 10.1 Å². The number of carbonyl (C=O) groups is 2. The first kappa shape index (κ1) is 9.10. The summed E-state index contributed by atoms with van der Waals surface area (Å²) in [5.74, 6) is -0.244. The average Bonchev–Trinajstić information content (AvgIpc) is 1.79. The second-order valence-corrected chi connectivity index (χ2v) is 2.00. The Morgan fingerprint density at radius 3 is 2.40 bits per heavy atom. The van der Waals surface area contributed by atoms with Crippen molar-refractivity contribution in [3.63, 3.8) is 0 Å². The number of esters is 1. The maximum atomic E-state index is 10.3. The van der Waals surface area contributed by atoms with Crippen LogP contribution in [-0.2, 0) is 14.3 Å². The molecule has 0 unspecified atom stereocenters. The first-order valence-electron chi connectivity index (χ1n) is 3.07. The van der Waals surface area contributed by atoms with Crippen molar-refractivity contribution in [3.8, 4) is 0 Å². The van der Waals surface area contributed by atoms with Crippen LogP contribution in [0.5, 0.6) is 0 Å². The number of nitrogens with two attached hydrogens (primary N) is 1. The highest BCUT2D eigenvalue weighted by molar-refractivity contribution is 5.76. The molecule has 4 heteroatoms. The minimum absolute atomic E-state index is 0.0761. The number of rotatable bonds is 4. The molecular formula is C6H12NO3+. The second kappa shape index (κ2) is 4.93. The van der Waals surface area contributed by atoms with Crippen LogP contribution >= 0.6 is 0 Å². The van der Waals surface area contributed by atoms with E-state index in [-0.39, 0.29) is 18.5 Å². The summed E-state index contributed by atoms with van der Waals surface area (Å²) in [6.45, 7) is 3.42. The molecule has 0 heterocycles. The summed E-state index contributed by atoms with van der Waals surface area (Å²) in [4.78, 5) is 20.5. The van der Waals surface area contributed by atoms with Gasteiger partial charge in [-0.15, -0.1) is 0 Å². The maximum Gasteiger partial charge on any atom is 0.306 e. The number of hydrogen-bond acceptors (Lipinski definition) is 3. The Labute approximate surface area is 59.6 Å². The van der Waals surface area contributed by atoms with Crippen LogP contribution in [0.3, 0.4) is 0 Å². The molecule has 0 amide bonds. The van der Waals surface area contributed by atoms with E-state index >= 15 is 0 Å². The summed E-state index contributed by atoms with van der Waals surface area (Å²) in [6, 6.07) is 0. The quantitative estimate of drug-likeness (QED) is 0.303. The van der Waals surface area contributed by atoms with Gasteiger partial charge in [0.25, 0.3) is 0 Å². The van der Waals surface area contributed by atoms with Gasteiger partial charge in [0.05, 0.1) is 0 Å². The van der Waals surface area contributed by atoms with Crippen LogP contribution < -0.4 is 5.32 Å². The molecule has 0 spiro atoms. The second-order valence-electron chi connectivity index (χ2n) is 2.00. The lowest BCUT2D eigenvalue weighted by Crippen LogP contribution is -2.86. The summed E-state index contributed by atoms with van der Waals surface area (Å²) in [5, 5.41) is 1.63. The predicted molar refractivity (Wildman–Crippen MR) is 34.1 cm³/mol. The summed E-state index contributed by atoms with van der Waals surface area (Å²) in [6.07, 6.45) is 0. The molecule has 0 rings (SSSR count). The molecule has 2 N–H and O–H groups in total. The molecule has 0 fully saturated rings. The number of hydrogen-bond donors (Lipinski definition) is 1. The topological polar surface area (TPSA) is 60.0 Å². The van der Waals surface area contributed by atoms with Crippen LogP contribution in [0, 0.1) is 0 Å². The number of ether oxygens (including phenoxy) is 1. The van der Waals surface area contributed by atoms with Crippen molar-refractivity contribution in [2.75, 3.05) is 13.3 Å². The number of ketones is 1. The lowest BCUT2D eigenvalue weighted by atomic mass is 10.5. The SMILES string of the molecule is CC(=O)C[NH2+]COC(C)=O. The van der Waals surface area contributed by atoms with E-state index in [2.05, 4.69) is 4.74 Å². The molecule has 0 aromatic heterocycles. The van der Waals surface area contributed by atoms with Crippen molar-refractivity contribution in [1.29, 1.82) is 0 Å². The average molecular weight is 146 g/mol. The highest BCUT2D eigenvalue weighted by Gasteiger charge is 1.96. The van der Waals surface area contributed by atoms with Crippen LogP contribution in [0.15, 0.2) is 0 Å². The Morgan fingerprint density at radius 2 is 2.00 bits per heavy atom. The fourth-order valence-electron chi connectivity index (χ4n) is 0.438. The lowest BCUT2D eigenvalue weighted by Gasteiger charge is -1.97. The van der Waals surface area contributed by atoms with Gasteiger partial charge in [0.15, 0.2) is 5.78 Å². The normalized spacial score (nSPS) is 9.00. The van der Waals surface area contributed by atoms with Crippen molar-refractivity contribution in [3.05, 3.63) is 0 Å². The molecule has 4 nitrogen and oxygen atoms in total. The first-order chi connectivity index (χ1) is 4.63. The summed E-state index contributed by atoms with van der Waals surface area (Å²) < 4.78 is 4.55. The van der Waals surface area contributed by atoms with Gasteiger partial charge >= 0.3 is 5.97 Å². The fraction of sp³-hybridized carbons (Fsp3) is 0.667. The summed E-state index contributed by atoms with van der Waals surface area (Å²) >= 11 is 0. The van der Waals surface area contributed by atoms with Gasteiger partial charge in [0.2, 0.25) is 6.73 Å². The molecule has 0 atom stereocenters. The Hall–Kier alpha value is -0.900. The van der Waals surface area contributed by atoms with Gasteiger partial charge in [0.1, 0.15) is 6.54 Å². The molecule has 58 valence electrons. The third-order valence-electron chi connectivity index (χ3n) is 0.836. The summed E-state index contributed by atoms with van der Waals surface area (Å²) in [7, 11) is 0. The van der Waals surface area contributed by atoms with Crippen LogP contribution in [0.4, 0.5) is 0 Å². The Kier molecular flexibility index (Phi) is 4.49. The molecule has 0 bridgehead atoms. The van der Waals surface area contributed by atoms with E-state index in [1.165, 1.54) is 13.8 Å². The van der Waals surface area contributed by atoms with Crippen LogP contribution in [-0.4, -0.2) is 25.0 Å². The Morgan fingerprint density at radius 1 is 1.40 bits per heavy atom. The molecular weight excluding hydrogens is 134 g/mol. The highest BCUT2D eigenvalue weighted by atomic mass is 16.5. The van der Waals surface area contributed by atoms with Crippen LogP contribution in [0.25, 0.3) is 0 Å². The molecule has 0 aliphatic heterocycles. The molecule has 0 saturated carbocycles. The predicted octanol–water partition coefficient (Wildman–Crippen LogP) is -1.34. The van der Waals surface area contributed by atoms with Gasteiger partial charge in [-0.2, -0.15) is 0 Å². The largest absolute Gasteiger partial charge is 0.415 e. The number of quaternary nitrogens is 1. The minimum atomic E-state index is -0.320. The fourth-order valence-corrected chi connectivity index (χ4v) is 0.438.